The van der Waals surface area contributed by atoms with Gasteiger partial charge in [0, 0.05) is 12.8 Å². The summed E-state index contributed by atoms with van der Waals surface area (Å²) in [6.45, 7) is 4.23. The highest BCUT2D eigenvalue weighted by atomic mass is 16.4. The lowest BCUT2D eigenvalue weighted by Crippen LogP contribution is -2.57. The number of nitrogens with one attached hydrogen (secondary N) is 3. The maximum absolute atomic E-state index is 13.4. The molecule has 0 aliphatic heterocycles. The molecule has 0 aliphatic rings. The molecule has 0 aromatic heterocycles. The molecular weight excluding hydrogens is 492 g/mol. The lowest BCUT2D eigenvalue weighted by Gasteiger charge is -2.25. The van der Waals surface area contributed by atoms with Crippen LogP contribution in [0.1, 0.15) is 57.9 Å². The highest BCUT2D eigenvalue weighted by Gasteiger charge is 2.30. The molecule has 0 spiro atoms. The van der Waals surface area contributed by atoms with Gasteiger partial charge in [-0.05, 0) is 50.1 Å². The summed E-state index contributed by atoms with van der Waals surface area (Å²) >= 11 is 0. The van der Waals surface area contributed by atoms with Crippen molar-refractivity contribution in [2.45, 2.75) is 83.0 Å². The first kappa shape index (κ1) is 32.5. The number of nitrogens with two attached hydrogens (primary N) is 3. The summed E-state index contributed by atoms with van der Waals surface area (Å²) < 4.78 is 0. The van der Waals surface area contributed by atoms with Crippen molar-refractivity contribution < 1.29 is 29.1 Å². The lowest BCUT2D eigenvalue weighted by atomic mass is 10.0. The average Bonchev–Trinajstić information content (AvgIpc) is 2.85. The average molecular weight is 535 g/mol. The van der Waals surface area contributed by atoms with Crippen molar-refractivity contribution in [3.8, 4) is 0 Å². The van der Waals surface area contributed by atoms with Crippen molar-refractivity contribution in [2.75, 3.05) is 6.54 Å². The smallest absolute Gasteiger partial charge is 0.326 e. The zero-order chi connectivity index (χ0) is 28.7. The fourth-order valence-electron chi connectivity index (χ4n) is 3.80. The Balaban J connectivity index is 3.09. The van der Waals surface area contributed by atoms with E-state index in [-0.39, 0.29) is 31.6 Å². The van der Waals surface area contributed by atoms with Crippen LogP contribution in [0.2, 0.25) is 0 Å². The summed E-state index contributed by atoms with van der Waals surface area (Å²) in [6, 6.07) is 4.75. The topological polar surface area (TPSA) is 220 Å². The van der Waals surface area contributed by atoms with Crippen LogP contribution in [0.4, 0.5) is 0 Å². The number of carboxylic acid groups (broad SMARTS) is 1. The molecule has 1 aromatic rings. The fourth-order valence-corrected chi connectivity index (χ4v) is 3.80. The molecule has 4 amide bonds. The molecule has 1 aromatic carbocycles. The Hall–Kier alpha value is -3.51. The third kappa shape index (κ3) is 12.6. The maximum Gasteiger partial charge on any atom is 0.326 e. The largest absolute Gasteiger partial charge is 0.480 e. The highest BCUT2D eigenvalue weighted by molar-refractivity contribution is 5.94. The number of aliphatic carboxylic acids is 1. The Morgan fingerprint density at radius 3 is 1.97 bits per heavy atom. The van der Waals surface area contributed by atoms with Gasteiger partial charge in [-0.15, -0.1) is 0 Å². The predicted molar refractivity (Wildman–Crippen MR) is 142 cm³/mol. The van der Waals surface area contributed by atoms with Crippen molar-refractivity contribution in [3.63, 3.8) is 0 Å². The van der Waals surface area contributed by atoms with E-state index in [0.29, 0.717) is 25.8 Å². The van der Waals surface area contributed by atoms with Crippen LogP contribution in [-0.2, 0) is 30.4 Å². The Bertz CT molecular complexity index is 926. The van der Waals surface area contributed by atoms with E-state index in [9.17, 15) is 29.1 Å². The van der Waals surface area contributed by atoms with Gasteiger partial charge in [-0.25, -0.2) is 4.79 Å². The van der Waals surface area contributed by atoms with Crippen LogP contribution in [0.25, 0.3) is 0 Å². The van der Waals surface area contributed by atoms with E-state index in [1.807, 2.05) is 32.0 Å². The van der Waals surface area contributed by atoms with Crippen LogP contribution in [-0.4, -0.2) is 65.4 Å². The van der Waals surface area contributed by atoms with Crippen molar-refractivity contribution in [2.24, 2.45) is 23.1 Å². The third-order valence-corrected chi connectivity index (χ3v) is 5.85. The number of benzene rings is 1. The molecule has 0 bridgehead atoms. The van der Waals surface area contributed by atoms with E-state index in [1.54, 1.807) is 12.1 Å². The molecule has 4 atom stereocenters. The van der Waals surface area contributed by atoms with E-state index in [1.165, 1.54) is 0 Å². The van der Waals surface area contributed by atoms with Crippen molar-refractivity contribution in [1.82, 2.24) is 16.0 Å². The number of unbranched alkanes of at least 4 members (excludes halogenated alkanes) is 1. The molecule has 38 heavy (non-hydrogen) atoms. The molecule has 0 saturated carbocycles. The minimum atomic E-state index is -1.36. The summed E-state index contributed by atoms with van der Waals surface area (Å²) in [4.78, 5) is 61.8. The number of hydrogen-bond donors (Lipinski definition) is 7. The minimum absolute atomic E-state index is 0.153. The predicted octanol–water partition coefficient (Wildman–Crippen LogP) is -0.464. The first-order valence-electron chi connectivity index (χ1n) is 12.9. The Morgan fingerprint density at radius 1 is 0.842 bits per heavy atom. The number of amides is 4. The summed E-state index contributed by atoms with van der Waals surface area (Å²) in [7, 11) is 0. The van der Waals surface area contributed by atoms with Gasteiger partial charge in [-0.2, -0.15) is 0 Å². The first-order valence-corrected chi connectivity index (χ1v) is 12.9. The molecule has 4 unspecified atom stereocenters. The second kappa shape index (κ2) is 17.1. The SMILES string of the molecule is CC(C)CC(N)C(=O)NC(Cc1ccccc1)C(=O)NC(CCCCN)C(=O)NC(CCC(N)=O)C(=O)O. The van der Waals surface area contributed by atoms with Crippen molar-refractivity contribution >= 4 is 29.6 Å². The summed E-state index contributed by atoms with van der Waals surface area (Å²) in [5.41, 5.74) is 17.5. The molecule has 1 rings (SSSR count). The molecule has 212 valence electrons. The van der Waals surface area contributed by atoms with Gasteiger partial charge in [0.15, 0.2) is 0 Å². The van der Waals surface area contributed by atoms with E-state index < -0.39 is 53.8 Å². The molecule has 0 saturated heterocycles. The van der Waals surface area contributed by atoms with Crippen molar-refractivity contribution in [1.29, 1.82) is 0 Å². The van der Waals surface area contributed by atoms with Gasteiger partial charge in [0.1, 0.15) is 18.1 Å². The minimum Gasteiger partial charge on any atom is -0.480 e. The standard InChI is InChI=1S/C26H42N6O6/c1-16(2)14-18(28)23(34)32-21(15-17-8-4-3-5-9-17)25(36)30-19(10-6-7-13-27)24(35)31-20(26(37)38)11-12-22(29)33/h3-5,8-9,16,18-21H,6-7,10-15,27-28H2,1-2H3,(H2,29,33)(H,30,36)(H,31,35)(H,32,34)(H,37,38). The monoisotopic (exact) mass is 534 g/mol. The number of rotatable bonds is 18. The highest BCUT2D eigenvalue weighted by Crippen LogP contribution is 2.09. The summed E-state index contributed by atoms with van der Waals surface area (Å²) in [5, 5.41) is 17.2. The quantitative estimate of drug-likeness (QED) is 0.122. The molecule has 0 fully saturated rings. The number of carbonyl (C=O) groups is 5. The molecule has 10 N–H and O–H groups in total. The second-order valence-corrected chi connectivity index (χ2v) is 9.74. The van der Waals surface area contributed by atoms with Gasteiger partial charge in [-0.1, -0.05) is 44.2 Å². The van der Waals surface area contributed by atoms with Crippen LogP contribution < -0.4 is 33.2 Å². The molecule has 12 nitrogen and oxygen atoms in total. The van der Waals surface area contributed by atoms with Gasteiger partial charge in [0.05, 0.1) is 6.04 Å². The third-order valence-electron chi connectivity index (χ3n) is 5.85. The Labute approximate surface area is 223 Å². The maximum atomic E-state index is 13.4. The summed E-state index contributed by atoms with van der Waals surface area (Å²) in [6.07, 6.45) is 1.41. The second-order valence-electron chi connectivity index (χ2n) is 9.74. The Morgan fingerprint density at radius 2 is 1.42 bits per heavy atom. The van der Waals surface area contributed by atoms with Crippen LogP contribution in [0, 0.1) is 5.92 Å². The van der Waals surface area contributed by atoms with Gasteiger partial charge in [-0.3, -0.25) is 19.2 Å². The number of primary amides is 1. The van der Waals surface area contributed by atoms with Gasteiger partial charge in [0.2, 0.25) is 23.6 Å². The van der Waals surface area contributed by atoms with E-state index >= 15 is 0 Å². The number of carboxylic acids is 1. The van der Waals surface area contributed by atoms with Crippen LogP contribution >= 0.6 is 0 Å². The zero-order valence-electron chi connectivity index (χ0n) is 22.2. The van der Waals surface area contributed by atoms with Crippen LogP contribution in [0.3, 0.4) is 0 Å². The van der Waals surface area contributed by atoms with E-state index in [4.69, 9.17) is 17.2 Å². The molecule has 12 heteroatoms. The zero-order valence-corrected chi connectivity index (χ0v) is 22.2. The van der Waals surface area contributed by atoms with E-state index in [2.05, 4.69) is 16.0 Å². The van der Waals surface area contributed by atoms with Crippen molar-refractivity contribution in [3.05, 3.63) is 35.9 Å². The Kier molecular flexibility index (Phi) is 14.6. The lowest BCUT2D eigenvalue weighted by molar-refractivity contribution is -0.142. The fraction of sp³-hybridized carbons (Fsp3) is 0.577. The normalized spacial score (nSPS) is 14.1. The molecule has 0 heterocycles. The van der Waals surface area contributed by atoms with E-state index in [0.717, 1.165) is 5.56 Å². The van der Waals surface area contributed by atoms with Gasteiger partial charge in [0.25, 0.3) is 0 Å². The molecule has 0 radical (unpaired) electrons. The molecule has 0 aliphatic carbocycles. The van der Waals surface area contributed by atoms with Gasteiger partial charge < -0.3 is 38.3 Å². The number of carbonyl (C=O) groups excluding carboxylic acids is 4. The molecular formula is C26H42N6O6. The first-order chi connectivity index (χ1) is 17.9. The van der Waals surface area contributed by atoms with Crippen LogP contribution in [0.5, 0.6) is 0 Å². The summed E-state index contributed by atoms with van der Waals surface area (Å²) in [5.74, 6) is -3.70. The van der Waals surface area contributed by atoms with Crippen LogP contribution in [0.15, 0.2) is 30.3 Å². The number of hydrogen-bond acceptors (Lipinski definition) is 7. The van der Waals surface area contributed by atoms with Gasteiger partial charge >= 0.3 is 5.97 Å².